The maximum atomic E-state index is 12.1. The average Bonchev–Trinajstić information content (AvgIpc) is 3.12. The lowest BCUT2D eigenvalue weighted by Crippen LogP contribution is -2.36. The van der Waals surface area contributed by atoms with Crippen molar-refractivity contribution in [3.05, 3.63) is 42.4 Å². The average molecular weight is 330 g/mol. The number of nitrogens with one attached hydrogen (secondary N) is 2. The molecule has 1 fully saturated rings. The summed E-state index contributed by atoms with van der Waals surface area (Å²) in [7, 11) is 0. The molecule has 1 unspecified atom stereocenters. The number of amides is 1. The second kappa shape index (κ2) is 7.97. The van der Waals surface area contributed by atoms with Crippen molar-refractivity contribution in [3.8, 4) is 5.82 Å². The van der Waals surface area contributed by atoms with Crippen molar-refractivity contribution < 1.29 is 4.79 Å². The molecule has 114 valence electrons. The van der Waals surface area contributed by atoms with Crippen LogP contribution in [0.4, 0.5) is 0 Å². The van der Waals surface area contributed by atoms with Gasteiger partial charge in [0.2, 0.25) is 0 Å². The lowest BCUT2D eigenvalue weighted by atomic mass is 10.2. The molecular formula is C13H17Cl2N5O. The van der Waals surface area contributed by atoms with Gasteiger partial charge in [0, 0.05) is 25.0 Å². The molecule has 2 aromatic rings. The third kappa shape index (κ3) is 4.17. The minimum atomic E-state index is -0.136. The first-order valence-corrected chi connectivity index (χ1v) is 6.31. The molecule has 0 saturated carbocycles. The minimum Gasteiger partial charge on any atom is -0.347 e. The Morgan fingerprint density at radius 3 is 2.86 bits per heavy atom. The first kappa shape index (κ1) is 17.4. The summed E-state index contributed by atoms with van der Waals surface area (Å²) in [4.78, 5) is 16.4. The normalized spacial score (nSPS) is 16.7. The van der Waals surface area contributed by atoms with Crippen LogP contribution in [0.1, 0.15) is 16.9 Å². The summed E-state index contributed by atoms with van der Waals surface area (Å²) in [5, 5.41) is 10.3. The van der Waals surface area contributed by atoms with E-state index in [0.717, 1.165) is 19.5 Å². The molecule has 2 N–H and O–H groups in total. The lowest BCUT2D eigenvalue weighted by Gasteiger charge is -2.11. The number of halogens is 2. The number of pyridine rings is 1. The van der Waals surface area contributed by atoms with Gasteiger partial charge in [-0.25, -0.2) is 9.67 Å². The Balaban J connectivity index is 0.00000110. The smallest absolute Gasteiger partial charge is 0.270 e. The zero-order valence-electron chi connectivity index (χ0n) is 11.2. The highest BCUT2D eigenvalue weighted by Gasteiger charge is 2.18. The van der Waals surface area contributed by atoms with Crippen molar-refractivity contribution in [1.82, 2.24) is 25.4 Å². The molecule has 0 radical (unpaired) electrons. The largest absolute Gasteiger partial charge is 0.347 e. The Hall–Kier alpha value is -1.63. The van der Waals surface area contributed by atoms with Gasteiger partial charge < -0.3 is 10.6 Å². The van der Waals surface area contributed by atoms with Crippen LogP contribution in [0.25, 0.3) is 5.82 Å². The van der Waals surface area contributed by atoms with Gasteiger partial charge in [-0.1, -0.05) is 6.07 Å². The van der Waals surface area contributed by atoms with Crippen LogP contribution in [0.3, 0.4) is 0 Å². The molecule has 3 heterocycles. The summed E-state index contributed by atoms with van der Waals surface area (Å²) in [5.74, 6) is 0.505. The monoisotopic (exact) mass is 329 g/mol. The van der Waals surface area contributed by atoms with Crippen LogP contribution in [-0.2, 0) is 0 Å². The van der Waals surface area contributed by atoms with Crippen molar-refractivity contribution in [3.63, 3.8) is 0 Å². The van der Waals surface area contributed by atoms with E-state index in [1.54, 1.807) is 23.1 Å². The number of hydrogen-bond acceptors (Lipinski definition) is 4. The minimum absolute atomic E-state index is 0. The van der Waals surface area contributed by atoms with Gasteiger partial charge in [-0.2, -0.15) is 5.10 Å². The lowest BCUT2D eigenvalue weighted by molar-refractivity contribution is 0.0935. The SMILES string of the molecule is Cl.Cl.O=C(NC1CCNC1)c1cccc(-n2cccn2)n1. The van der Waals surface area contributed by atoms with Crippen LogP contribution >= 0.6 is 24.8 Å². The Bertz CT molecular complexity index is 570. The number of rotatable bonds is 3. The van der Waals surface area contributed by atoms with Gasteiger partial charge >= 0.3 is 0 Å². The van der Waals surface area contributed by atoms with E-state index in [1.807, 2.05) is 18.2 Å². The summed E-state index contributed by atoms with van der Waals surface area (Å²) < 4.78 is 1.63. The van der Waals surface area contributed by atoms with Crippen LogP contribution < -0.4 is 10.6 Å². The molecule has 0 bridgehead atoms. The summed E-state index contributed by atoms with van der Waals surface area (Å²) >= 11 is 0. The predicted molar refractivity (Wildman–Crippen MR) is 84.6 cm³/mol. The van der Waals surface area contributed by atoms with E-state index in [-0.39, 0.29) is 36.8 Å². The van der Waals surface area contributed by atoms with E-state index in [4.69, 9.17) is 0 Å². The zero-order valence-corrected chi connectivity index (χ0v) is 12.9. The second-order valence-electron chi connectivity index (χ2n) is 4.49. The fourth-order valence-electron chi connectivity index (χ4n) is 2.12. The zero-order chi connectivity index (χ0) is 13.1. The fourth-order valence-corrected chi connectivity index (χ4v) is 2.12. The quantitative estimate of drug-likeness (QED) is 0.887. The maximum absolute atomic E-state index is 12.1. The van der Waals surface area contributed by atoms with E-state index in [2.05, 4.69) is 20.7 Å². The molecule has 0 spiro atoms. The van der Waals surface area contributed by atoms with Gasteiger partial charge in [-0.05, 0) is 31.2 Å². The first-order chi connectivity index (χ1) is 9.33. The molecule has 0 aromatic carbocycles. The molecule has 1 saturated heterocycles. The van der Waals surface area contributed by atoms with Gasteiger partial charge in [-0.15, -0.1) is 24.8 Å². The Morgan fingerprint density at radius 2 is 2.19 bits per heavy atom. The van der Waals surface area contributed by atoms with Crippen molar-refractivity contribution in [2.45, 2.75) is 12.5 Å². The van der Waals surface area contributed by atoms with Gasteiger partial charge in [0.25, 0.3) is 5.91 Å². The molecule has 1 aliphatic heterocycles. The van der Waals surface area contributed by atoms with Gasteiger partial charge in [0.1, 0.15) is 5.69 Å². The van der Waals surface area contributed by atoms with Gasteiger partial charge in [-0.3, -0.25) is 4.79 Å². The highest BCUT2D eigenvalue weighted by molar-refractivity contribution is 5.92. The van der Waals surface area contributed by atoms with E-state index in [1.165, 1.54) is 0 Å². The van der Waals surface area contributed by atoms with Crippen molar-refractivity contribution in [2.24, 2.45) is 0 Å². The Kier molecular flexibility index (Phi) is 6.61. The van der Waals surface area contributed by atoms with E-state index in [9.17, 15) is 4.79 Å². The molecule has 3 rings (SSSR count). The highest BCUT2D eigenvalue weighted by atomic mass is 35.5. The number of aromatic nitrogens is 3. The Morgan fingerprint density at radius 1 is 1.33 bits per heavy atom. The van der Waals surface area contributed by atoms with Crippen molar-refractivity contribution >= 4 is 30.7 Å². The van der Waals surface area contributed by atoms with E-state index < -0.39 is 0 Å². The third-order valence-corrected chi connectivity index (χ3v) is 3.10. The molecule has 6 nitrogen and oxygen atoms in total. The summed E-state index contributed by atoms with van der Waals surface area (Å²) in [5.41, 5.74) is 0.417. The van der Waals surface area contributed by atoms with Gasteiger partial charge in [0.05, 0.1) is 0 Å². The van der Waals surface area contributed by atoms with Crippen LogP contribution in [0.5, 0.6) is 0 Å². The number of carbonyl (C=O) groups excluding carboxylic acids is 1. The summed E-state index contributed by atoms with van der Waals surface area (Å²) in [6, 6.07) is 7.36. The Labute approximate surface area is 135 Å². The number of nitrogens with zero attached hydrogens (tertiary/aromatic N) is 3. The fraction of sp³-hybridized carbons (Fsp3) is 0.308. The van der Waals surface area contributed by atoms with E-state index >= 15 is 0 Å². The van der Waals surface area contributed by atoms with Crippen molar-refractivity contribution in [2.75, 3.05) is 13.1 Å². The molecule has 2 aromatic heterocycles. The van der Waals surface area contributed by atoms with Crippen molar-refractivity contribution in [1.29, 1.82) is 0 Å². The molecule has 21 heavy (non-hydrogen) atoms. The molecule has 1 amide bonds. The van der Waals surface area contributed by atoms with Crippen LogP contribution in [0.2, 0.25) is 0 Å². The first-order valence-electron chi connectivity index (χ1n) is 6.31. The highest BCUT2D eigenvalue weighted by Crippen LogP contribution is 2.05. The van der Waals surface area contributed by atoms with Crippen LogP contribution in [0, 0.1) is 0 Å². The summed E-state index contributed by atoms with van der Waals surface area (Å²) in [6.45, 7) is 1.77. The van der Waals surface area contributed by atoms with Crippen LogP contribution in [0.15, 0.2) is 36.7 Å². The predicted octanol–water partition coefficient (Wildman–Crippen LogP) is 1.20. The number of carbonyl (C=O) groups is 1. The van der Waals surface area contributed by atoms with Gasteiger partial charge in [0.15, 0.2) is 5.82 Å². The molecule has 1 aliphatic rings. The van der Waals surface area contributed by atoms with E-state index in [0.29, 0.717) is 11.5 Å². The second-order valence-corrected chi connectivity index (χ2v) is 4.49. The van der Waals surface area contributed by atoms with Crippen LogP contribution in [-0.4, -0.2) is 39.8 Å². The third-order valence-electron chi connectivity index (χ3n) is 3.10. The standard InChI is InChI=1S/C13H15N5O.2ClH/c19-13(16-10-5-7-14-9-10)11-3-1-4-12(17-11)18-8-2-6-15-18;;/h1-4,6,8,10,14H,5,7,9H2,(H,16,19);2*1H. The molecule has 8 heteroatoms. The maximum Gasteiger partial charge on any atom is 0.270 e. The number of hydrogen-bond donors (Lipinski definition) is 2. The molecule has 1 atom stereocenters. The summed E-state index contributed by atoms with van der Waals surface area (Å²) in [6.07, 6.45) is 4.44. The topological polar surface area (TPSA) is 71.8 Å². The molecular weight excluding hydrogens is 313 g/mol. The molecule has 0 aliphatic carbocycles.